The van der Waals surface area contributed by atoms with Gasteiger partial charge in [0.25, 0.3) is 0 Å². The fraction of sp³-hybridized carbons (Fsp3) is 0.400. The van der Waals surface area contributed by atoms with Crippen molar-refractivity contribution >= 4 is 29.6 Å². The summed E-state index contributed by atoms with van der Waals surface area (Å²) >= 11 is 0. The normalized spacial score (nSPS) is 9.25. The predicted molar refractivity (Wildman–Crippen MR) is 52.5 cm³/mol. The number of hydrogen-bond donors (Lipinski definition) is 0. The topological polar surface area (TPSA) is 9.23 Å². The van der Waals surface area contributed by atoms with Gasteiger partial charge in [-0.1, -0.05) is 32.0 Å². The van der Waals surface area contributed by atoms with Crippen molar-refractivity contribution in [2.75, 3.05) is 6.61 Å². The SMILES string of the molecule is CC(C)COc1ccccc1.[Na]. The maximum atomic E-state index is 5.47. The first-order chi connectivity index (χ1) is 5.29. The molecule has 0 aliphatic heterocycles. The minimum Gasteiger partial charge on any atom is -0.493 e. The van der Waals surface area contributed by atoms with Crippen LogP contribution >= 0.6 is 0 Å². The Balaban J connectivity index is 0.00000121. The Morgan fingerprint density at radius 3 is 2.25 bits per heavy atom. The first-order valence-corrected chi connectivity index (χ1v) is 3.97. The molecular weight excluding hydrogens is 159 g/mol. The molecular formula is C10H14NaO. The number of para-hydroxylation sites is 1. The second kappa shape index (κ2) is 6.53. The van der Waals surface area contributed by atoms with Gasteiger partial charge in [0.2, 0.25) is 0 Å². The van der Waals surface area contributed by atoms with Crippen molar-refractivity contribution in [2.24, 2.45) is 5.92 Å². The number of hydrogen-bond acceptors (Lipinski definition) is 1. The van der Waals surface area contributed by atoms with Crippen LogP contribution in [0.15, 0.2) is 30.3 Å². The first-order valence-electron chi connectivity index (χ1n) is 3.97. The van der Waals surface area contributed by atoms with E-state index in [1.807, 2.05) is 30.3 Å². The van der Waals surface area contributed by atoms with E-state index in [9.17, 15) is 0 Å². The molecule has 0 N–H and O–H groups in total. The van der Waals surface area contributed by atoms with Crippen molar-refractivity contribution in [1.29, 1.82) is 0 Å². The maximum absolute atomic E-state index is 5.47. The summed E-state index contributed by atoms with van der Waals surface area (Å²) in [6.45, 7) is 5.08. The van der Waals surface area contributed by atoms with Gasteiger partial charge < -0.3 is 4.74 Å². The number of benzene rings is 1. The van der Waals surface area contributed by atoms with E-state index in [0.29, 0.717) is 5.92 Å². The van der Waals surface area contributed by atoms with Gasteiger partial charge in [0.05, 0.1) is 6.61 Å². The molecule has 0 fully saturated rings. The summed E-state index contributed by atoms with van der Waals surface area (Å²) < 4.78 is 5.47. The fourth-order valence-electron chi connectivity index (χ4n) is 0.780. The molecule has 1 rings (SSSR count). The average molecular weight is 173 g/mol. The summed E-state index contributed by atoms with van der Waals surface area (Å²) in [7, 11) is 0. The summed E-state index contributed by atoms with van der Waals surface area (Å²) in [5, 5.41) is 0. The zero-order valence-electron chi connectivity index (χ0n) is 8.08. The molecule has 0 unspecified atom stereocenters. The molecule has 1 radical (unpaired) electrons. The van der Waals surface area contributed by atoms with E-state index in [1.165, 1.54) is 0 Å². The standard InChI is InChI=1S/C10H14O.Na/c1-9(2)8-11-10-6-4-3-5-7-10;/h3-7,9H,8H2,1-2H3;. The van der Waals surface area contributed by atoms with Crippen LogP contribution in [0.5, 0.6) is 5.75 Å². The van der Waals surface area contributed by atoms with E-state index in [-0.39, 0.29) is 29.6 Å². The zero-order chi connectivity index (χ0) is 8.10. The molecule has 0 saturated carbocycles. The molecule has 2 heteroatoms. The van der Waals surface area contributed by atoms with Crippen LogP contribution < -0.4 is 4.74 Å². The van der Waals surface area contributed by atoms with Gasteiger partial charge in [-0.05, 0) is 18.1 Å². The van der Waals surface area contributed by atoms with Gasteiger partial charge in [-0.25, -0.2) is 0 Å². The minimum atomic E-state index is 0. The Hall–Kier alpha value is 0.0200. The van der Waals surface area contributed by atoms with E-state index >= 15 is 0 Å². The van der Waals surface area contributed by atoms with Gasteiger partial charge in [-0.2, -0.15) is 0 Å². The molecule has 0 bridgehead atoms. The Morgan fingerprint density at radius 1 is 1.17 bits per heavy atom. The number of rotatable bonds is 3. The molecule has 12 heavy (non-hydrogen) atoms. The molecule has 0 aliphatic rings. The summed E-state index contributed by atoms with van der Waals surface area (Å²) in [4.78, 5) is 0. The van der Waals surface area contributed by atoms with E-state index < -0.39 is 0 Å². The second-order valence-electron chi connectivity index (χ2n) is 3.02. The fourth-order valence-corrected chi connectivity index (χ4v) is 0.780. The van der Waals surface area contributed by atoms with Crippen molar-refractivity contribution in [2.45, 2.75) is 13.8 Å². The Morgan fingerprint density at radius 2 is 1.75 bits per heavy atom. The molecule has 0 spiro atoms. The largest absolute Gasteiger partial charge is 0.493 e. The van der Waals surface area contributed by atoms with Crippen LogP contribution in [0.4, 0.5) is 0 Å². The van der Waals surface area contributed by atoms with E-state index in [1.54, 1.807) is 0 Å². The Labute approximate surface area is 96.4 Å². The summed E-state index contributed by atoms with van der Waals surface area (Å²) in [6, 6.07) is 9.90. The van der Waals surface area contributed by atoms with Crippen LogP contribution in [0.2, 0.25) is 0 Å². The third-order valence-electron chi connectivity index (χ3n) is 1.33. The van der Waals surface area contributed by atoms with Gasteiger partial charge >= 0.3 is 0 Å². The molecule has 0 aliphatic carbocycles. The van der Waals surface area contributed by atoms with Crippen LogP contribution in [-0.2, 0) is 0 Å². The molecule has 0 aromatic heterocycles. The molecule has 1 aromatic carbocycles. The molecule has 0 saturated heterocycles. The maximum Gasteiger partial charge on any atom is 0.119 e. The quantitative estimate of drug-likeness (QED) is 0.637. The Bertz CT molecular complexity index is 196. The molecule has 0 atom stereocenters. The monoisotopic (exact) mass is 173 g/mol. The minimum absolute atomic E-state index is 0. The second-order valence-corrected chi connectivity index (χ2v) is 3.02. The van der Waals surface area contributed by atoms with Crippen molar-refractivity contribution in [1.82, 2.24) is 0 Å². The van der Waals surface area contributed by atoms with Crippen molar-refractivity contribution in [3.63, 3.8) is 0 Å². The van der Waals surface area contributed by atoms with E-state index in [2.05, 4.69) is 13.8 Å². The van der Waals surface area contributed by atoms with Gasteiger partial charge in [0.15, 0.2) is 0 Å². The van der Waals surface area contributed by atoms with Gasteiger partial charge in [-0.3, -0.25) is 0 Å². The first kappa shape index (κ1) is 12.0. The van der Waals surface area contributed by atoms with Gasteiger partial charge in [0, 0.05) is 29.6 Å². The van der Waals surface area contributed by atoms with Gasteiger partial charge in [-0.15, -0.1) is 0 Å². The van der Waals surface area contributed by atoms with Gasteiger partial charge in [0.1, 0.15) is 5.75 Å². The van der Waals surface area contributed by atoms with E-state index in [4.69, 9.17) is 4.74 Å². The molecule has 61 valence electrons. The van der Waals surface area contributed by atoms with Crippen LogP contribution in [0.1, 0.15) is 13.8 Å². The molecule has 0 heterocycles. The summed E-state index contributed by atoms with van der Waals surface area (Å²) in [6.07, 6.45) is 0. The molecule has 1 aromatic rings. The average Bonchev–Trinajstić information content (AvgIpc) is 2.03. The third-order valence-corrected chi connectivity index (χ3v) is 1.33. The van der Waals surface area contributed by atoms with Crippen LogP contribution in [0.3, 0.4) is 0 Å². The van der Waals surface area contributed by atoms with Crippen LogP contribution in [0.25, 0.3) is 0 Å². The summed E-state index contributed by atoms with van der Waals surface area (Å²) in [5.74, 6) is 1.55. The van der Waals surface area contributed by atoms with Crippen molar-refractivity contribution < 1.29 is 4.74 Å². The van der Waals surface area contributed by atoms with Crippen molar-refractivity contribution in [3.05, 3.63) is 30.3 Å². The van der Waals surface area contributed by atoms with Crippen LogP contribution in [-0.4, -0.2) is 36.2 Å². The van der Waals surface area contributed by atoms with E-state index in [0.717, 1.165) is 12.4 Å². The smallest absolute Gasteiger partial charge is 0.119 e. The molecule has 0 amide bonds. The predicted octanol–water partition coefficient (Wildman–Crippen LogP) is 2.34. The zero-order valence-corrected chi connectivity index (χ0v) is 10.1. The van der Waals surface area contributed by atoms with Crippen LogP contribution in [0, 0.1) is 5.92 Å². The Kier molecular flexibility index (Phi) is 6.54. The van der Waals surface area contributed by atoms with Crippen molar-refractivity contribution in [3.8, 4) is 5.75 Å². The summed E-state index contributed by atoms with van der Waals surface area (Å²) in [5.41, 5.74) is 0. The molecule has 1 nitrogen and oxygen atoms in total. The number of ether oxygens (including phenoxy) is 1. The third kappa shape index (κ3) is 4.81.